The molecule has 3 rings (SSSR count). The molecular formula is C20H40IN5O2. The van der Waals surface area contributed by atoms with E-state index in [4.69, 9.17) is 9.47 Å². The number of hydrogen-bond donors (Lipinski definition) is 2. The summed E-state index contributed by atoms with van der Waals surface area (Å²) < 4.78 is 11.1. The summed E-state index contributed by atoms with van der Waals surface area (Å²) in [7, 11) is 1.87. The molecule has 3 aliphatic heterocycles. The molecule has 3 heterocycles. The van der Waals surface area contributed by atoms with E-state index in [0.717, 1.165) is 51.4 Å². The van der Waals surface area contributed by atoms with Crippen LogP contribution in [-0.4, -0.2) is 100 Å². The first-order chi connectivity index (χ1) is 13.2. The first-order valence-corrected chi connectivity index (χ1v) is 10.8. The average molecular weight is 509 g/mol. The van der Waals surface area contributed by atoms with Gasteiger partial charge in [0, 0.05) is 64.5 Å². The molecule has 28 heavy (non-hydrogen) atoms. The fraction of sp³-hybridized carbons (Fsp3) is 0.950. The number of piperidine rings is 1. The monoisotopic (exact) mass is 509 g/mol. The van der Waals surface area contributed by atoms with E-state index in [2.05, 4.69) is 39.3 Å². The predicted molar refractivity (Wildman–Crippen MR) is 125 cm³/mol. The molecule has 0 spiro atoms. The molecule has 3 fully saturated rings. The number of likely N-dealkylation sites (tertiary alicyclic amines) is 1. The Balaban J connectivity index is 0.00000280. The van der Waals surface area contributed by atoms with Gasteiger partial charge < -0.3 is 25.0 Å². The van der Waals surface area contributed by atoms with Gasteiger partial charge in [0.1, 0.15) is 0 Å². The average Bonchev–Trinajstić information content (AvgIpc) is 3.19. The summed E-state index contributed by atoms with van der Waals surface area (Å²) in [4.78, 5) is 9.57. The van der Waals surface area contributed by atoms with E-state index in [-0.39, 0.29) is 24.0 Å². The van der Waals surface area contributed by atoms with Crippen molar-refractivity contribution in [1.29, 1.82) is 0 Å². The molecule has 3 saturated heterocycles. The summed E-state index contributed by atoms with van der Waals surface area (Å²) in [6.45, 7) is 13.6. The van der Waals surface area contributed by atoms with E-state index >= 15 is 0 Å². The zero-order chi connectivity index (χ0) is 19.1. The number of guanidine groups is 1. The topological polar surface area (TPSA) is 61.4 Å². The van der Waals surface area contributed by atoms with E-state index in [9.17, 15) is 0 Å². The van der Waals surface area contributed by atoms with Crippen LogP contribution in [0.1, 0.15) is 33.1 Å². The maximum Gasteiger partial charge on any atom is 0.191 e. The minimum Gasteiger partial charge on any atom is -0.381 e. The Labute approximate surface area is 188 Å². The molecule has 0 radical (unpaired) electrons. The molecular weight excluding hydrogens is 469 g/mol. The SMILES string of the molecule is CN=C(NCC(C)N1CCOCC1C)NC1CCN(CC2CCOC2)CC1.I. The molecule has 0 amide bonds. The van der Waals surface area contributed by atoms with E-state index in [1.807, 2.05) is 7.05 Å². The minimum absolute atomic E-state index is 0. The van der Waals surface area contributed by atoms with Crippen LogP contribution in [0.4, 0.5) is 0 Å². The Morgan fingerprint density at radius 2 is 1.86 bits per heavy atom. The van der Waals surface area contributed by atoms with Gasteiger partial charge in [0.25, 0.3) is 0 Å². The molecule has 7 nitrogen and oxygen atoms in total. The lowest BCUT2D eigenvalue weighted by atomic mass is 10.0. The quantitative estimate of drug-likeness (QED) is 0.321. The third kappa shape index (κ3) is 7.27. The molecule has 3 atom stereocenters. The largest absolute Gasteiger partial charge is 0.381 e. The number of aliphatic imine (C=N–C) groups is 1. The Kier molecular flexibility index (Phi) is 10.8. The van der Waals surface area contributed by atoms with Gasteiger partial charge in [-0.15, -0.1) is 24.0 Å². The van der Waals surface area contributed by atoms with Gasteiger partial charge in [-0.1, -0.05) is 0 Å². The van der Waals surface area contributed by atoms with Gasteiger partial charge in [-0.2, -0.15) is 0 Å². The van der Waals surface area contributed by atoms with Crippen molar-refractivity contribution in [3.8, 4) is 0 Å². The zero-order valence-corrected chi connectivity index (χ0v) is 20.2. The Morgan fingerprint density at radius 3 is 2.50 bits per heavy atom. The van der Waals surface area contributed by atoms with Crippen LogP contribution >= 0.6 is 24.0 Å². The second-order valence-corrected chi connectivity index (χ2v) is 8.41. The fourth-order valence-electron chi connectivity index (χ4n) is 4.50. The highest BCUT2D eigenvalue weighted by atomic mass is 127. The summed E-state index contributed by atoms with van der Waals surface area (Å²) in [5.74, 6) is 1.68. The maximum atomic E-state index is 5.55. The van der Waals surface area contributed by atoms with Crippen molar-refractivity contribution in [3.05, 3.63) is 0 Å². The lowest BCUT2D eigenvalue weighted by molar-refractivity contribution is -0.0174. The van der Waals surface area contributed by atoms with E-state index in [1.54, 1.807) is 0 Å². The predicted octanol–water partition coefficient (Wildman–Crippen LogP) is 1.38. The van der Waals surface area contributed by atoms with Crippen LogP contribution in [0.5, 0.6) is 0 Å². The van der Waals surface area contributed by atoms with Gasteiger partial charge in [-0.05, 0) is 39.0 Å². The zero-order valence-electron chi connectivity index (χ0n) is 17.9. The number of nitrogens with one attached hydrogen (secondary N) is 2. The Hall–Kier alpha value is -0.160. The minimum atomic E-state index is 0. The summed E-state index contributed by atoms with van der Waals surface area (Å²) >= 11 is 0. The smallest absolute Gasteiger partial charge is 0.191 e. The van der Waals surface area contributed by atoms with Crippen LogP contribution in [0, 0.1) is 5.92 Å². The van der Waals surface area contributed by atoms with Crippen LogP contribution in [-0.2, 0) is 9.47 Å². The Morgan fingerprint density at radius 1 is 1.11 bits per heavy atom. The van der Waals surface area contributed by atoms with Gasteiger partial charge in [0.05, 0.1) is 19.8 Å². The molecule has 0 aromatic heterocycles. The molecule has 0 bridgehead atoms. The molecule has 0 saturated carbocycles. The van der Waals surface area contributed by atoms with Gasteiger partial charge >= 0.3 is 0 Å². The summed E-state index contributed by atoms with van der Waals surface area (Å²) in [5, 5.41) is 7.16. The second kappa shape index (κ2) is 12.5. The molecule has 164 valence electrons. The first-order valence-electron chi connectivity index (χ1n) is 10.8. The highest BCUT2D eigenvalue weighted by molar-refractivity contribution is 14.0. The highest BCUT2D eigenvalue weighted by Gasteiger charge is 2.25. The van der Waals surface area contributed by atoms with Crippen molar-refractivity contribution in [2.75, 3.05) is 66.2 Å². The second-order valence-electron chi connectivity index (χ2n) is 8.41. The third-order valence-corrected chi connectivity index (χ3v) is 6.24. The number of halogens is 1. The van der Waals surface area contributed by atoms with Crippen LogP contribution in [0.2, 0.25) is 0 Å². The lowest BCUT2D eigenvalue weighted by Gasteiger charge is -2.38. The molecule has 0 aromatic rings. The molecule has 3 aliphatic rings. The van der Waals surface area contributed by atoms with Crippen molar-refractivity contribution < 1.29 is 9.47 Å². The summed E-state index contributed by atoms with van der Waals surface area (Å²) in [6, 6.07) is 1.47. The third-order valence-electron chi connectivity index (χ3n) is 6.24. The normalized spacial score (nSPS) is 29.3. The molecule has 0 aromatic carbocycles. The van der Waals surface area contributed by atoms with Crippen molar-refractivity contribution in [2.45, 2.75) is 51.2 Å². The maximum absolute atomic E-state index is 5.55. The number of nitrogens with zero attached hydrogens (tertiary/aromatic N) is 3. The number of hydrogen-bond acceptors (Lipinski definition) is 5. The Bertz CT molecular complexity index is 468. The van der Waals surface area contributed by atoms with Gasteiger partial charge in [0.15, 0.2) is 5.96 Å². The van der Waals surface area contributed by atoms with Gasteiger partial charge in [-0.25, -0.2) is 0 Å². The highest BCUT2D eigenvalue weighted by Crippen LogP contribution is 2.17. The molecule has 0 aliphatic carbocycles. The standard InChI is InChI=1S/C20H39N5O2.HI/c1-16(25-9-11-27-14-17(25)2)12-22-20(21-3)23-19-4-7-24(8-5-19)13-18-6-10-26-15-18;/h16-19H,4-15H2,1-3H3,(H2,21,22,23);1H. The van der Waals surface area contributed by atoms with Crippen molar-refractivity contribution in [2.24, 2.45) is 10.9 Å². The summed E-state index contributed by atoms with van der Waals surface area (Å²) in [6.07, 6.45) is 3.60. The van der Waals surface area contributed by atoms with Gasteiger partial charge in [0.2, 0.25) is 0 Å². The van der Waals surface area contributed by atoms with Crippen LogP contribution in [0.15, 0.2) is 4.99 Å². The number of ether oxygens (including phenoxy) is 2. The molecule has 2 N–H and O–H groups in total. The van der Waals surface area contributed by atoms with E-state index in [0.29, 0.717) is 18.1 Å². The van der Waals surface area contributed by atoms with Crippen LogP contribution in [0.3, 0.4) is 0 Å². The van der Waals surface area contributed by atoms with E-state index in [1.165, 1.54) is 38.9 Å². The van der Waals surface area contributed by atoms with E-state index < -0.39 is 0 Å². The number of morpholine rings is 1. The number of rotatable bonds is 6. The van der Waals surface area contributed by atoms with Gasteiger partial charge in [-0.3, -0.25) is 9.89 Å². The van der Waals surface area contributed by atoms with Crippen molar-refractivity contribution in [1.82, 2.24) is 20.4 Å². The first kappa shape index (κ1) is 24.1. The lowest BCUT2D eigenvalue weighted by Crippen LogP contribution is -2.54. The van der Waals surface area contributed by atoms with Crippen molar-refractivity contribution in [3.63, 3.8) is 0 Å². The molecule has 3 unspecified atom stereocenters. The molecule has 8 heteroatoms. The van der Waals surface area contributed by atoms with Crippen molar-refractivity contribution >= 4 is 29.9 Å². The summed E-state index contributed by atoms with van der Waals surface area (Å²) in [5.41, 5.74) is 0. The fourth-order valence-corrected chi connectivity index (χ4v) is 4.50. The van der Waals surface area contributed by atoms with Crippen LogP contribution < -0.4 is 10.6 Å². The van der Waals surface area contributed by atoms with Crippen LogP contribution in [0.25, 0.3) is 0 Å².